The van der Waals surface area contributed by atoms with Gasteiger partial charge in [-0.1, -0.05) is 28.1 Å². The summed E-state index contributed by atoms with van der Waals surface area (Å²) in [5, 5.41) is 0. The summed E-state index contributed by atoms with van der Waals surface area (Å²) in [4.78, 5) is 14.8. The van der Waals surface area contributed by atoms with Crippen LogP contribution in [0.4, 0.5) is 0 Å². The van der Waals surface area contributed by atoms with E-state index < -0.39 is 0 Å². The van der Waals surface area contributed by atoms with Gasteiger partial charge in [-0.2, -0.15) is 0 Å². The summed E-state index contributed by atoms with van der Waals surface area (Å²) in [6, 6.07) is 9.20. The Hall–Kier alpha value is -1.35. The van der Waals surface area contributed by atoms with Crippen LogP contribution in [0.5, 0.6) is 0 Å². The molecule has 76 valence electrons. The van der Waals surface area contributed by atoms with E-state index in [1.54, 1.807) is 12.3 Å². The number of aromatic nitrogens is 1. The van der Waals surface area contributed by atoms with Crippen LogP contribution in [0.3, 0.4) is 0 Å². The van der Waals surface area contributed by atoms with Gasteiger partial charge in [0.1, 0.15) is 0 Å². The van der Waals surface area contributed by atoms with Gasteiger partial charge in [-0.15, -0.1) is 0 Å². The second-order valence-electron chi connectivity index (χ2n) is 3.38. The predicted octanol–water partition coefficient (Wildman–Crippen LogP) is 3.32. The number of aromatic amines is 1. The number of H-pyrrole nitrogens is 1. The molecule has 2 nitrogen and oxygen atoms in total. The molecule has 0 atom stereocenters. The van der Waals surface area contributed by atoms with Crippen LogP contribution < -0.4 is 0 Å². The van der Waals surface area contributed by atoms with Crippen LogP contribution in [0, 0.1) is 6.92 Å². The van der Waals surface area contributed by atoms with E-state index in [1.165, 1.54) is 0 Å². The lowest BCUT2D eigenvalue weighted by atomic mass is 10.1. The number of aryl methyl sites for hydroxylation is 1. The normalized spacial score (nSPS) is 10.3. The smallest absolute Gasteiger partial charge is 0.209 e. The number of rotatable bonds is 2. The summed E-state index contributed by atoms with van der Waals surface area (Å²) in [6.45, 7) is 1.99. The van der Waals surface area contributed by atoms with Gasteiger partial charge >= 0.3 is 0 Å². The van der Waals surface area contributed by atoms with Crippen LogP contribution in [0.25, 0.3) is 0 Å². The van der Waals surface area contributed by atoms with Crippen LogP contribution in [-0.4, -0.2) is 10.8 Å². The maximum absolute atomic E-state index is 11.9. The summed E-state index contributed by atoms with van der Waals surface area (Å²) < 4.78 is 0.958. The van der Waals surface area contributed by atoms with Gasteiger partial charge in [0.25, 0.3) is 0 Å². The van der Waals surface area contributed by atoms with Crippen LogP contribution in [0.2, 0.25) is 0 Å². The van der Waals surface area contributed by atoms with Gasteiger partial charge < -0.3 is 4.98 Å². The van der Waals surface area contributed by atoms with Crippen molar-refractivity contribution in [3.05, 3.63) is 57.8 Å². The zero-order valence-corrected chi connectivity index (χ0v) is 9.84. The van der Waals surface area contributed by atoms with Crippen molar-refractivity contribution in [2.45, 2.75) is 6.92 Å². The highest BCUT2D eigenvalue weighted by atomic mass is 79.9. The average Bonchev–Trinajstić information content (AvgIpc) is 2.74. The Kier molecular flexibility index (Phi) is 2.73. The Morgan fingerprint density at radius 3 is 2.73 bits per heavy atom. The molecule has 2 rings (SSSR count). The van der Waals surface area contributed by atoms with E-state index in [0.29, 0.717) is 11.3 Å². The van der Waals surface area contributed by atoms with Gasteiger partial charge in [-0.05, 0) is 30.7 Å². The lowest BCUT2D eigenvalue weighted by Crippen LogP contribution is -2.01. The second kappa shape index (κ2) is 4.03. The van der Waals surface area contributed by atoms with E-state index in [2.05, 4.69) is 20.9 Å². The zero-order chi connectivity index (χ0) is 10.8. The maximum atomic E-state index is 11.9. The van der Waals surface area contributed by atoms with Crippen molar-refractivity contribution in [2.75, 3.05) is 0 Å². The quantitative estimate of drug-likeness (QED) is 0.829. The summed E-state index contributed by atoms with van der Waals surface area (Å²) in [5.74, 6) is 0.0145. The molecule has 1 aromatic carbocycles. The first-order valence-electron chi connectivity index (χ1n) is 4.63. The number of ketones is 1. The maximum Gasteiger partial charge on any atom is 0.209 e. The molecule has 0 saturated heterocycles. The lowest BCUT2D eigenvalue weighted by Gasteiger charge is -2.02. The fourth-order valence-electron chi connectivity index (χ4n) is 1.36. The SMILES string of the molecule is Cc1ccc(C(=O)c2ccc[nH]2)cc1Br. The van der Waals surface area contributed by atoms with E-state index in [-0.39, 0.29) is 5.78 Å². The number of carbonyl (C=O) groups excluding carboxylic acids is 1. The highest BCUT2D eigenvalue weighted by molar-refractivity contribution is 9.10. The summed E-state index contributed by atoms with van der Waals surface area (Å²) in [6.07, 6.45) is 1.75. The van der Waals surface area contributed by atoms with Gasteiger partial charge in [0.15, 0.2) is 0 Å². The van der Waals surface area contributed by atoms with Crippen LogP contribution >= 0.6 is 15.9 Å². The average molecular weight is 264 g/mol. The number of hydrogen-bond donors (Lipinski definition) is 1. The minimum Gasteiger partial charge on any atom is -0.359 e. The third-order valence-corrected chi connectivity index (χ3v) is 3.13. The molecule has 1 aromatic heterocycles. The van der Waals surface area contributed by atoms with Gasteiger partial charge in [-0.25, -0.2) is 0 Å². The van der Waals surface area contributed by atoms with E-state index in [0.717, 1.165) is 10.0 Å². The molecule has 0 spiro atoms. The third-order valence-electron chi connectivity index (χ3n) is 2.28. The minimum absolute atomic E-state index is 0.0145. The van der Waals surface area contributed by atoms with Crippen molar-refractivity contribution in [1.82, 2.24) is 4.98 Å². The Bertz CT molecular complexity index is 488. The van der Waals surface area contributed by atoms with Gasteiger partial charge in [0.2, 0.25) is 5.78 Å². The monoisotopic (exact) mass is 263 g/mol. The third kappa shape index (κ3) is 2.02. The van der Waals surface area contributed by atoms with Gasteiger partial charge in [0.05, 0.1) is 5.69 Å². The molecular formula is C12H10BrNO. The van der Waals surface area contributed by atoms with Crippen molar-refractivity contribution in [3.63, 3.8) is 0 Å². The van der Waals surface area contributed by atoms with Gasteiger partial charge in [-0.3, -0.25) is 4.79 Å². The van der Waals surface area contributed by atoms with Crippen molar-refractivity contribution in [1.29, 1.82) is 0 Å². The molecule has 15 heavy (non-hydrogen) atoms. The highest BCUT2D eigenvalue weighted by Gasteiger charge is 2.10. The molecule has 0 aliphatic rings. The largest absolute Gasteiger partial charge is 0.359 e. The summed E-state index contributed by atoms with van der Waals surface area (Å²) in [7, 11) is 0. The molecule has 0 bridgehead atoms. The zero-order valence-electron chi connectivity index (χ0n) is 8.25. The van der Waals surface area contributed by atoms with E-state index in [9.17, 15) is 4.79 Å². The second-order valence-corrected chi connectivity index (χ2v) is 4.23. The highest BCUT2D eigenvalue weighted by Crippen LogP contribution is 2.19. The summed E-state index contributed by atoms with van der Waals surface area (Å²) in [5.41, 5.74) is 2.43. The standard InChI is InChI=1S/C12H10BrNO/c1-8-4-5-9(7-10(8)13)12(15)11-3-2-6-14-11/h2-7,14H,1H3. The first-order valence-corrected chi connectivity index (χ1v) is 5.42. The topological polar surface area (TPSA) is 32.9 Å². The molecule has 0 radical (unpaired) electrons. The van der Waals surface area contributed by atoms with Gasteiger partial charge in [0, 0.05) is 16.2 Å². The number of halogens is 1. The van der Waals surface area contributed by atoms with Crippen molar-refractivity contribution >= 4 is 21.7 Å². The first-order chi connectivity index (χ1) is 7.18. The van der Waals surface area contributed by atoms with Crippen molar-refractivity contribution in [2.24, 2.45) is 0 Å². The Balaban J connectivity index is 2.39. The van der Waals surface area contributed by atoms with E-state index >= 15 is 0 Å². The fraction of sp³-hybridized carbons (Fsp3) is 0.0833. The lowest BCUT2D eigenvalue weighted by molar-refractivity contribution is 0.103. The fourth-order valence-corrected chi connectivity index (χ4v) is 1.74. The van der Waals surface area contributed by atoms with Crippen molar-refractivity contribution < 1.29 is 4.79 Å². The Labute approximate surface area is 96.5 Å². The van der Waals surface area contributed by atoms with E-state index in [1.807, 2.05) is 31.2 Å². The first kappa shape index (κ1) is 10.2. The summed E-state index contributed by atoms with van der Waals surface area (Å²) >= 11 is 3.42. The number of nitrogens with one attached hydrogen (secondary N) is 1. The molecule has 2 aromatic rings. The molecule has 1 N–H and O–H groups in total. The number of carbonyl (C=O) groups is 1. The molecule has 0 amide bonds. The van der Waals surface area contributed by atoms with Crippen molar-refractivity contribution in [3.8, 4) is 0 Å². The molecule has 3 heteroatoms. The molecule has 0 saturated carbocycles. The molecular weight excluding hydrogens is 254 g/mol. The van der Waals surface area contributed by atoms with Crippen LogP contribution in [0.1, 0.15) is 21.6 Å². The molecule has 1 heterocycles. The van der Waals surface area contributed by atoms with Crippen LogP contribution in [0.15, 0.2) is 41.0 Å². The molecule has 0 unspecified atom stereocenters. The minimum atomic E-state index is 0.0145. The molecule has 0 fully saturated rings. The Morgan fingerprint density at radius 2 is 2.13 bits per heavy atom. The van der Waals surface area contributed by atoms with Crippen LogP contribution in [-0.2, 0) is 0 Å². The Morgan fingerprint density at radius 1 is 1.33 bits per heavy atom. The number of hydrogen-bond acceptors (Lipinski definition) is 1. The molecule has 0 aliphatic carbocycles. The predicted molar refractivity (Wildman–Crippen MR) is 63.1 cm³/mol. The number of benzene rings is 1. The van der Waals surface area contributed by atoms with E-state index in [4.69, 9.17) is 0 Å². The molecule has 0 aliphatic heterocycles.